The molecule has 1 saturated heterocycles. The van der Waals surface area contributed by atoms with E-state index in [9.17, 15) is 19.2 Å². The van der Waals surface area contributed by atoms with Crippen LogP contribution in [0, 0.1) is 18.8 Å². The normalized spacial score (nSPS) is 20.9. The van der Waals surface area contributed by atoms with Crippen LogP contribution in [0.5, 0.6) is 0 Å². The number of aryl methyl sites for hydroxylation is 1. The summed E-state index contributed by atoms with van der Waals surface area (Å²) in [5.74, 6) is -1.56. The summed E-state index contributed by atoms with van der Waals surface area (Å²) in [6.07, 6.45) is 4.90. The molecule has 2 aromatic rings. The quantitative estimate of drug-likeness (QED) is 0.334. The number of benzene rings is 1. The van der Waals surface area contributed by atoms with Gasteiger partial charge < -0.3 is 9.15 Å². The van der Waals surface area contributed by atoms with Gasteiger partial charge in [-0.3, -0.25) is 19.3 Å². The van der Waals surface area contributed by atoms with E-state index in [0.717, 1.165) is 5.56 Å². The summed E-state index contributed by atoms with van der Waals surface area (Å²) in [6, 6.07) is 6.75. The van der Waals surface area contributed by atoms with Crippen molar-refractivity contribution in [3.63, 3.8) is 0 Å². The molecule has 0 saturated carbocycles. The maximum atomic E-state index is 12.4. The third kappa shape index (κ3) is 3.72. The molecule has 7 heteroatoms. The fourth-order valence-corrected chi connectivity index (χ4v) is 3.98. The van der Waals surface area contributed by atoms with Gasteiger partial charge in [0.15, 0.2) is 0 Å². The summed E-state index contributed by atoms with van der Waals surface area (Å²) >= 11 is 0. The molecular formula is C22H21NO6. The highest BCUT2D eigenvalue weighted by Gasteiger charge is 2.46. The number of hydrogen-bond donors (Lipinski definition) is 0. The van der Waals surface area contributed by atoms with Gasteiger partial charge in [0.1, 0.15) is 12.2 Å². The van der Waals surface area contributed by atoms with Crippen molar-refractivity contribution in [1.82, 2.24) is 4.90 Å². The van der Waals surface area contributed by atoms with Crippen molar-refractivity contribution < 1.29 is 23.5 Å². The van der Waals surface area contributed by atoms with E-state index in [1.54, 1.807) is 6.07 Å². The largest absolute Gasteiger partial charge is 0.461 e. The summed E-state index contributed by atoms with van der Waals surface area (Å²) in [5, 5.41) is 0.699. The lowest BCUT2D eigenvalue weighted by Crippen LogP contribution is -2.33. The highest BCUT2D eigenvalue weighted by Crippen LogP contribution is 2.35. The van der Waals surface area contributed by atoms with Crippen molar-refractivity contribution in [3.05, 3.63) is 58.0 Å². The number of amides is 2. The van der Waals surface area contributed by atoms with Crippen LogP contribution in [0.3, 0.4) is 0 Å². The van der Waals surface area contributed by atoms with E-state index in [1.807, 2.05) is 31.2 Å². The number of imide groups is 1. The van der Waals surface area contributed by atoms with Crippen molar-refractivity contribution in [3.8, 4) is 0 Å². The van der Waals surface area contributed by atoms with Crippen molar-refractivity contribution >= 4 is 28.8 Å². The topological polar surface area (TPSA) is 93.9 Å². The number of likely N-dealkylation sites (tertiary alicyclic amines) is 1. The van der Waals surface area contributed by atoms with Gasteiger partial charge in [0.2, 0.25) is 11.8 Å². The standard InChI is InChI=1S/C22H21NO6/c1-13-6-7-15-14(11-20(25)29-18(15)10-13)12-28-19(24)8-9-23-21(26)16-4-2-3-5-17(16)22(23)27/h2-3,6-7,10-11,16-17H,4-5,8-9,12H2,1H3/t16-,17+. The molecule has 2 aliphatic rings. The summed E-state index contributed by atoms with van der Waals surface area (Å²) in [7, 11) is 0. The average Bonchev–Trinajstić information content (AvgIpc) is 2.94. The van der Waals surface area contributed by atoms with E-state index in [-0.39, 0.29) is 43.2 Å². The highest BCUT2D eigenvalue weighted by atomic mass is 16.5. The Morgan fingerprint density at radius 2 is 1.79 bits per heavy atom. The fraction of sp³-hybridized carbons (Fsp3) is 0.364. The van der Waals surface area contributed by atoms with Gasteiger partial charge in [0.05, 0.1) is 18.3 Å². The third-order valence-corrected chi connectivity index (χ3v) is 5.51. The summed E-state index contributed by atoms with van der Waals surface area (Å²) < 4.78 is 10.5. The Morgan fingerprint density at radius 3 is 2.48 bits per heavy atom. The Balaban J connectivity index is 1.38. The number of allylic oxidation sites excluding steroid dienone is 2. The molecular weight excluding hydrogens is 374 g/mol. The minimum atomic E-state index is -0.535. The molecule has 0 N–H and O–H groups in total. The van der Waals surface area contributed by atoms with Crippen LogP contribution in [0.4, 0.5) is 0 Å². The molecule has 1 aliphatic carbocycles. The SMILES string of the molecule is Cc1ccc2c(COC(=O)CCN3C(=O)[C@H]4CC=CC[C@H]4C3=O)cc(=O)oc2c1. The maximum absolute atomic E-state index is 12.4. The number of carbonyl (C=O) groups is 3. The molecule has 2 atom stereocenters. The Hall–Kier alpha value is -3.22. The number of nitrogens with zero attached hydrogens (tertiary/aromatic N) is 1. The number of carbonyl (C=O) groups excluding carboxylic acids is 3. The Kier molecular flexibility index (Phi) is 5.05. The van der Waals surface area contributed by atoms with Gasteiger partial charge in [-0.1, -0.05) is 24.3 Å². The number of esters is 1. The smallest absolute Gasteiger partial charge is 0.336 e. The zero-order chi connectivity index (χ0) is 20.5. The Labute approximate surface area is 166 Å². The van der Waals surface area contributed by atoms with Crippen LogP contribution in [-0.4, -0.2) is 29.2 Å². The Morgan fingerprint density at radius 1 is 1.10 bits per heavy atom. The zero-order valence-corrected chi connectivity index (χ0v) is 16.1. The van der Waals surface area contributed by atoms with E-state index in [2.05, 4.69) is 0 Å². The first-order valence-electron chi connectivity index (χ1n) is 9.63. The summed E-state index contributed by atoms with van der Waals surface area (Å²) in [4.78, 5) is 50.0. The second-order valence-electron chi connectivity index (χ2n) is 7.48. The summed E-state index contributed by atoms with van der Waals surface area (Å²) in [5.41, 5.74) is 1.42. The van der Waals surface area contributed by atoms with Crippen LogP contribution < -0.4 is 5.63 Å². The Bertz CT molecular complexity index is 1060. The third-order valence-electron chi connectivity index (χ3n) is 5.51. The molecule has 2 amide bonds. The molecule has 150 valence electrons. The van der Waals surface area contributed by atoms with Crippen LogP contribution in [0.25, 0.3) is 11.0 Å². The molecule has 29 heavy (non-hydrogen) atoms. The zero-order valence-electron chi connectivity index (χ0n) is 16.1. The van der Waals surface area contributed by atoms with E-state index in [1.165, 1.54) is 11.0 Å². The maximum Gasteiger partial charge on any atom is 0.336 e. The lowest BCUT2D eigenvalue weighted by molar-refractivity contribution is -0.146. The first kappa shape index (κ1) is 19.1. The molecule has 0 spiro atoms. The van der Waals surface area contributed by atoms with E-state index >= 15 is 0 Å². The molecule has 2 heterocycles. The molecule has 0 bridgehead atoms. The molecule has 1 aromatic carbocycles. The van der Waals surface area contributed by atoms with Crippen molar-refractivity contribution in [2.45, 2.75) is 32.8 Å². The molecule has 7 nitrogen and oxygen atoms in total. The van der Waals surface area contributed by atoms with Crippen LogP contribution in [-0.2, 0) is 25.7 Å². The number of ether oxygens (including phenoxy) is 1. The second kappa shape index (κ2) is 7.66. The van der Waals surface area contributed by atoms with Crippen LogP contribution in [0.15, 0.2) is 45.6 Å². The van der Waals surface area contributed by atoms with Crippen molar-refractivity contribution in [1.29, 1.82) is 0 Å². The van der Waals surface area contributed by atoms with Crippen LogP contribution >= 0.6 is 0 Å². The van der Waals surface area contributed by atoms with Gasteiger partial charge >= 0.3 is 11.6 Å². The van der Waals surface area contributed by atoms with Crippen LogP contribution in [0.2, 0.25) is 0 Å². The van der Waals surface area contributed by atoms with Crippen molar-refractivity contribution in [2.75, 3.05) is 6.54 Å². The van der Waals surface area contributed by atoms with Gasteiger partial charge in [0, 0.05) is 23.6 Å². The summed E-state index contributed by atoms with van der Waals surface area (Å²) in [6.45, 7) is 1.82. The molecule has 0 unspecified atom stereocenters. The molecule has 0 radical (unpaired) electrons. The van der Waals surface area contributed by atoms with E-state index in [4.69, 9.17) is 9.15 Å². The van der Waals surface area contributed by atoms with E-state index < -0.39 is 11.6 Å². The monoisotopic (exact) mass is 395 g/mol. The average molecular weight is 395 g/mol. The molecule has 1 fully saturated rings. The van der Waals surface area contributed by atoms with Gasteiger partial charge in [0.25, 0.3) is 0 Å². The lowest BCUT2D eigenvalue weighted by Gasteiger charge is -2.14. The first-order valence-corrected chi connectivity index (χ1v) is 9.63. The van der Waals surface area contributed by atoms with Gasteiger partial charge in [-0.15, -0.1) is 0 Å². The number of rotatable bonds is 5. The second-order valence-corrected chi connectivity index (χ2v) is 7.48. The highest BCUT2D eigenvalue weighted by molar-refractivity contribution is 6.05. The number of fused-ring (bicyclic) bond motifs is 2. The number of hydrogen-bond acceptors (Lipinski definition) is 6. The molecule has 1 aromatic heterocycles. The molecule has 1 aliphatic heterocycles. The first-order chi connectivity index (χ1) is 13.9. The van der Waals surface area contributed by atoms with Gasteiger partial charge in [-0.2, -0.15) is 0 Å². The predicted octanol–water partition coefficient (Wildman–Crippen LogP) is 2.49. The molecule has 4 rings (SSSR count). The lowest BCUT2D eigenvalue weighted by atomic mass is 9.85. The van der Waals surface area contributed by atoms with Gasteiger partial charge in [-0.25, -0.2) is 4.79 Å². The predicted molar refractivity (Wildman–Crippen MR) is 104 cm³/mol. The van der Waals surface area contributed by atoms with Crippen molar-refractivity contribution in [2.24, 2.45) is 11.8 Å². The minimum Gasteiger partial charge on any atom is -0.461 e. The van der Waals surface area contributed by atoms with Gasteiger partial charge in [-0.05, 0) is 31.4 Å². The van der Waals surface area contributed by atoms with Crippen LogP contribution in [0.1, 0.15) is 30.4 Å². The fourth-order valence-electron chi connectivity index (χ4n) is 3.98. The van der Waals surface area contributed by atoms with E-state index in [0.29, 0.717) is 29.4 Å². The minimum absolute atomic E-state index is 0.0143.